The van der Waals surface area contributed by atoms with E-state index >= 15 is 0 Å². The summed E-state index contributed by atoms with van der Waals surface area (Å²) in [6.45, 7) is 3.63. The van der Waals surface area contributed by atoms with Crippen LogP contribution >= 0.6 is 11.8 Å². The van der Waals surface area contributed by atoms with Crippen molar-refractivity contribution >= 4 is 39.1 Å². The molecule has 0 saturated heterocycles. The van der Waals surface area contributed by atoms with Gasteiger partial charge in [0, 0.05) is 4.90 Å². The highest BCUT2D eigenvalue weighted by atomic mass is 32.2. The molecule has 0 aliphatic heterocycles. The molecule has 0 spiro atoms. The van der Waals surface area contributed by atoms with Crippen LogP contribution in [0.1, 0.15) is 12.5 Å². The van der Waals surface area contributed by atoms with Crippen LogP contribution in [0.5, 0.6) is 0 Å². The molecule has 3 rings (SSSR count). The highest BCUT2D eigenvalue weighted by Crippen LogP contribution is 2.28. The fraction of sp³-hybridized carbons (Fsp3) is 0.174. The normalized spacial score (nSPS) is 11.1. The fourth-order valence-electron chi connectivity index (χ4n) is 2.92. The molecule has 1 amide bonds. The van der Waals surface area contributed by atoms with E-state index in [9.17, 15) is 13.2 Å². The molecule has 0 radical (unpaired) electrons. The highest BCUT2D eigenvalue weighted by molar-refractivity contribution is 7.99. The van der Waals surface area contributed by atoms with E-state index < -0.39 is 15.9 Å². The molecule has 7 heteroatoms. The number of para-hydroxylation sites is 1. The average molecular weight is 441 g/mol. The molecule has 0 aliphatic rings. The number of rotatable bonds is 8. The van der Waals surface area contributed by atoms with E-state index in [4.69, 9.17) is 0 Å². The zero-order chi connectivity index (χ0) is 21.6. The van der Waals surface area contributed by atoms with E-state index in [2.05, 4.69) is 5.32 Å². The van der Waals surface area contributed by atoms with Crippen LogP contribution in [0, 0.1) is 6.92 Å². The number of thioether (sulfide) groups is 1. The van der Waals surface area contributed by atoms with Gasteiger partial charge in [-0.2, -0.15) is 0 Å². The molecule has 0 aromatic heterocycles. The third kappa shape index (κ3) is 5.23. The van der Waals surface area contributed by atoms with E-state index in [0.717, 1.165) is 20.5 Å². The predicted octanol–water partition coefficient (Wildman–Crippen LogP) is 4.94. The van der Waals surface area contributed by atoms with E-state index in [1.807, 2.05) is 50.2 Å². The maximum absolute atomic E-state index is 13.3. The lowest BCUT2D eigenvalue weighted by atomic mass is 10.2. The molecular weight excluding hydrogens is 416 g/mol. The number of benzene rings is 3. The van der Waals surface area contributed by atoms with Crippen LogP contribution in [-0.4, -0.2) is 26.6 Å². The first-order chi connectivity index (χ1) is 14.4. The highest BCUT2D eigenvalue weighted by Gasteiger charge is 2.27. The van der Waals surface area contributed by atoms with Crippen molar-refractivity contribution in [2.24, 2.45) is 0 Å². The van der Waals surface area contributed by atoms with Crippen LogP contribution in [-0.2, 0) is 14.8 Å². The summed E-state index contributed by atoms with van der Waals surface area (Å²) in [5, 5.41) is 2.86. The van der Waals surface area contributed by atoms with Crippen LogP contribution in [0.15, 0.2) is 88.7 Å². The number of amides is 1. The maximum Gasteiger partial charge on any atom is 0.264 e. The van der Waals surface area contributed by atoms with E-state index in [0.29, 0.717) is 11.4 Å². The first-order valence-electron chi connectivity index (χ1n) is 9.58. The lowest BCUT2D eigenvalue weighted by molar-refractivity contribution is -0.114. The monoisotopic (exact) mass is 440 g/mol. The molecule has 5 nitrogen and oxygen atoms in total. The topological polar surface area (TPSA) is 66.5 Å². The molecule has 1 N–H and O–H groups in total. The molecule has 0 fully saturated rings. The molecule has 0 unspecified atom stereocenters. The summed E-state index contributed by atoms with van der Waals surface area (Å²) in [6, 6.07) is 22.7. The van der Waals surface area contributed by atoms with Gasteiger partial charge in [0.2, 0.25) is 5.91 Å². The Kier molecular flexibility index (Phi) is 7.18. The third-order valence-corrected chi connectivity index (χ3v) is 7.15. The minimum atomic E-state index is -3.91. The van der Waals surface area contributed by atoms with Gasteiger partial charge in [0.15, 0.2) is 0 Å². The van der Waals surface area contributed by atoms with Crippen molar-refractivity contribution in [1.82, 2.24) is 0 Å². The summed E-state index contributed by atoms with van der Waals surface area (Å²) in [5.74, 6) is 0.462. The second-order valence-corrected chi connectivity index (χ2v) is 9.81. The lowest BCUT2D eigenvalue weighted by Crippen LogP contribution is -2.38. The van der Waals surface area contributed by atoms with Gasteiger partial charge in [-0.1, -0.05) is 55.0 Å². The van der Waals surface area contributed by atoms with Gasteiger partial charge in [0.05, 0.1) is 16.3 Å². The van der Waals surface area contributed by atoms with Crippen LogP contribution in [0.4, 0.5) is 11.4 Å². The summed E-state index contributed by atoms with van der Waals surface area (Å²) in [7, 11) is -3.91. The molecule has 0 bridgehead atoms. The van der Waals surface area contributed by atoms with Gasteiger partial charge in [-0.3, -0.25) is 9.10 Å². The van der Waals surface area contributed by atoms with Gasteiger partial charge in [0.25, 0.3) is 10.0 Å². The molecule has 0 heterocycles. The van der Waals surface area contributed by atoms with Gasteiger partial charge in [0.1, 0.15) is 6.54 Å². The number of hydrogen-bond acceptors (Lipinski definition) is 4. The van der Waals surface area contributed by atoms with Gasteiger partial charge >= 0.3 is 0 Å². The number of carbonyl (C=O) groups is 1. The maximum atomic E-state index is 13.3. The molecule has 3 aromatic carbocycles. The molecule has 0 aliphatic carbocycles. The standard InChI is InChI=1S/C23H24N2O3S2/c1-3-29-22-12-8-7-11-21(22)24-23(26)17-25(19-15-13-18(2)14-16-19)30(27,28)20-9-5-4-6-10-20/h4-16H,3,17H2,1-2H3,(H,24,26). The zero-order valence-electron chi connectivity index (χ0n) is 16.9. The van der Waals surface area contributed by atoms with Gasteiger partial charge in [-0.15, -0.1) is 11.8 Å². The van der Waals surface area contributed by atoms with E-state index in [1.165, 1.54) is 12.1 Å². The summed E-state index contributed by atoms with van der Waals surface area (Å²) < 4.78 is 27.8. The second-order valence-electron chi connectivity index (χ2n) is 6.64. The number of nitrogens with one attached hydrogen (secondary N) is 1. The van der Waals surface area contributed by atoms with Gasteiger partial charge in [-0.25, -0.2) is 8.42 Å². The number of sulfonamides is 1. The summed E-state index contributed by atoms with van der Waals surface area (Å²) in [5.41, 5.74) is 2.12. The predicted molar refractivity (Wildman–Crippen MR) is 124 cm³/mol. The third-order valence-electron chi connectivity index (χ3n) is 4.40. The molecular formula is C23H24N2O3S2. The van der Waals surface area contributed by atoms with E-state index in [1.54, 1.807) is 42.1 Å². The van der Waals surface area contributed by atoms with Crippen molar-refractivity contribution in [1.29, 1.82) is 0 Å². The van der Waals surface area contributed by atoms with E-state index in [-0.39, 0.29) is 11.4 Å². The SMILES string of the molecule is CCSc1ccccc1NC(=O)CN(c1ccc(C)cc1)S(=O)(=O)c1ccccc1. The Labute approximate surface area is 182 Å². The quantitative estimate of drug-likeness (QED) is 0.504. The van der Waals surface area contributed by atoms with Crippen LogP contribution < -0.4 is 9.62 Å². The Morgan fingerprint density at radius 2 is 1.57 bits per heavy atom. The van der Waals surface area contributed by atoms with Crippen molar-refractivity contribution in [3.8, 4) is 0 Å². The number of carbonyl (C=O) groups excluding carboxylic acids is 1. The fourth-order valence-corrected chi connectivity index (χ4v) is 5.12. The summed E-state index contributed by atoms with van der Waals surface area (Å²) in [6.07, 6.45) is 0. The Morgan fingerprint density at radius 3 is 2.23 bits per heavy atom. The smallest absolute Gasteiger partial charge is 0.264 e. The molecule has 0 atom stereocenters. The Balaban J connectivity index is 1.92. The molecule has 3 aromatic rings. The van der Waals surface area contributed by atoms with Crippen molar-refractivity contribution in [3.63, 3.8) is 0 Å². The summed E-state index contributed by atoms with van der Waals surface area (Å²) in [4.78, 5) is 14.0. The van der Waals surface area contributed by atoms with Crippen molar-refractivity contribution < 1.29 is 13.2 Å². The Hall–Kier alpha value is -2.77. The first-order valence-corrected chi connectivity index (χ1v) is 12.0. The number of anilines is 2. The van der Waals surface area contributed by atoms with Gasteiger partial charge in [-0.05, 0) is 49.1 Å². The zero-order valence-corrected chi connectivity index (χ0v) is 18.5. The minimum absolute atomic E-state index is 0.139. The van der Waals surface area contributed by atoms with Crippen molar-refractivity contribution in [3.05, 3.63) is 84.4 Å². The summed E-state index contributed by atoms with van der Waals surface area (Å²) >= 11 is 1.62. The molecule has 30 heavy (non-hydrogen) atoms. The van der Waals surface area contributed by atoms with Crippen LogP contribution in [0.25, 0.3) is 0 Å². The largest absolute Gasteiger partial charge is 0.323 e. The number of hydrogen-bond donors (Lipinski definition) is 1. The number of aryl methyl sites for hydroxylation is 1. The van der Waals surface area contributed by atoms with Crippen molar-refractivity contribution in [2.75, 3.05) is 21.9 Å². The first kappa shape index (κ1) is 21.9. The Morgan fingerprint density at radius 1 is 0.933 bits per heavy atom. The Bertz CT molecular complexity index is 1100. The minimum Gasteiger partial charge on any atom is -0.323 e. The molecule has 0 saturated carbocycles. The van der Waals surface area contributed by atoms with Crippen LogP contribution in [0.3, 0.4) is 0 Å². The van der Waals surface area contributed by atoms with Crippen molar-refractivity contribution in [2.45, 2.75) is 23.6 Å². The van der Waals surface area contributed by atoms with Crippen LogP contribution in [0.2, 0.25) is 0 Å². The lowest BCUT2D eigenvalue weighted by Gasteiger charge is -2.24. The average Bonchev–Trinajstić information content (AvgIpc) is 2.75. The van der Waals surface area contributed by atoms with Gasteiger partial charge < -0.3 is 5.32 Å². The molecule has 156 valence electrons. The number of nitrogens with zero attached hydrogens (tertiary/aromatic N) is 1. The second kappa shape index (κ2) is 9.82.